The number of aliphatic imine (C=N–C) groups is 1. The number of carbonyl (C=O) groups excluding carboxylic acids is 1. The highest BCUT2D eigenvalue weighted by atomic mass is 16.8. The summed E-state index contributed by atoms with van der Waals surface area (Å²) in [7, 11) is 1.28. The van der Waals surface area contributed by atoms with Gasteiger partial charge in [-0.25, -0.2) is 14.6 Å². The number of quaternary nitrogens is 1. The predicted octanol–water partition coefficient (Wildman–Crippen LogP) is 1.40. The Morgan fingerprint density at radius 1 is 1.02 bits per heavy atom. The summed E-state index contributed by atoms with van der Waals surface area (Å²) >= 11 is 0. The van der Waals surface area contributed by atoms with E-state index in [2.05, 4.69) is 10.3 Å². The maximum absolute atomic E-state index is 13.4. The molecule has 0 aliphatic carbocycles. The quantitative estimate of drug-likeness (QED) is 0.0950. The first kappa shape index (κ1) is 36.7. The van der Waals surface area contributed by atoms with Crippen molar-refractivity contribution in [3.8, 4) is 22.6 Å². The van der Waals surface area contributed by atoms with E-state index in [4.69, 9.17) is 23.5 Å². The number of aliphatic hydroxyl groups excluding tert-OH is 2. The second-order valence-corrected chi connectivity index (χ2v) is 13.3. The number of phenols is 1. The molecule has 3 aromatic carbocycles. The summed E-state index contributed by atoms with van der Waals surface area (Å²) in [4.78, 5) is 48.5. The molecule has 0 radical (unpaired) electrons. The maximum atomic E-state index is 13.4. The van der Waals surface area contributed by atoms with Crippen LogP contribution in [0.1, 0.15) is 16.7 Å². The van der Waals surface area contributed by atoms with Crippen LogP contribution in [-0.2, 0) is 23.9 Å². The summed E-state index contributed by atoms with van der Waals surface area (Å²) in [6, 6.07) is 15.0. The van der Waals surface area contributed by atoms with Crippen LogP contribution in [0.5, 0.6) is 11.5 Å². The fraction of sp³-hybridized carbons (Fsp3) is 0.282. The number of aromatic hydroxyl groups is 1. The molecule has 1 fully saturated rings. The fourth-order valence-corrected chi connectivity index (χ4v) is 6.82. The molecule has 15 heteroatoms. The van der Waals surface area contributed by atoms with Crippen LogP contribution in [0.3, 0.4) is 0 Å². The number of esters is 1. The van der Waals surface area contributed by atoms with Gasteiger partial charge in [0.25, 0.3) is 0 Å². The lowest BCUT2D eigenvalue weighted by molar-refractivity contribution is -1.04. The lowest BCUT2D eigenvalue weighted by Crippen LogP contribution is -3.08. The van der Waals surface area contributed by atoms with E-state index in [9.17, 15) is 34.8 Å². The van der Waals surface area contributed by atoms with Crippen LogP contribution in [0.25, 0.3) is 27.8 Å². The highest BCUT2D eigenvalue weighted by Gasteiger charge is 2.51. The van der Waals surface area contributed by atoms with Gasteiger partial charge < -0.3 is 39.1 Å². The van der Waals surface area contributed by atoms with E-state index in [-0.39, 0.29) is 33.5 Å². The molecule has 1 saturated heterocycles. The number of aliphatic carboxylic acids is 1. The van der Waals surface area contributed by atoms with Crippen molar-refractivity contribution in [2.75, 3.05) is 20.2 Å². The van der Waals surface area contributed by atoms with Gasteiger partial charge in [0.2, 0.25) is 18.4 Å². The molecule has 7 atom stereocenters. The van der Waals surface area contributed by atoms with E-state index in [1.54, 1.807) is 18.3 Å². The molecule has 0 amide bonds. The summed E-state index contributed by atoms with van der Waals surface area (Å²) in [5, 5.41) is 44.9. The summed E-state index contributed by atoms with van der Waals surface area (Å²) < 4.78 is 23.4. The van der Waals surface area contributed by atoms with Gasteiger partial charge in [0.1, 0.15) is 60.5 Å². The van der Waals surface area contributed by atoms with E-state index in [0.29, 0.717) is 22.9 Å². The molecule has 3 aliphatic rings. The third kappa shape index (κ3) is 7.15. The van der Waals surface area contributed by atoms with Gasteiger partial charge >= 0.3 is 11.9 Å². The van der Waals surface area contributed by atoms with Crippen molar-refractivity contribution < 1.29 is 58.5 Å². The Balaban J connectivity index is 1.20. The number of fused-ring (bicyclic) bond motifs is 2. The molecule has 4 heterocycles. The lowest BCUT2D eigenvalue weighted by Gasteiger charge is -2.41. The molecule has 280 valence electrons. The summed E-state index contributed by atoms with van der Waals surface area (Å²) in [5.74, 6) is -2.40. The van der Waals surface area contributed by atoms with Gasteiger partial charge in [-0.05, 0) is 68.9 Å². The Hall–Kier alpha value is -5.68. The minimum Gasteiger partial charge on any atom is -0.508 e. The maximum Gasteiger partial charge on any atom is 0.334 e. The zero-order chi connectivity index (χ0) is 38.3. The molecule has 0 saturated carbocycles. The van der Waals surface area contributed by atoms with E-state index >= 15 is 0 Å². The zero-order valence-corrected chi connectivity index (χ0v) is 29.4. The van der Waals surface area contributed by atoms with Crippen molar-refractivity contribution in [1.82, 2.24) is 5.32 Å². The number of hydrogen-bond donors (Lipinski definition) is 6. The molecule has 0 bridgehead atoms. The number of carbonyl (C=O) groups is 2. The van der Waals surface area contributed by atoms with Crippen LogP contribution >= 0.6 is 0 Å². The number of ether oxygens (including phenoxy) is 3. The molecular weight excluding hydrogens is 702 g/mol. The van der Waals surface area contributed by atoms with Gasteiger partial charge in [0.15, 0.2) is 11.1 Å². The average Bonchev–Trinajstić information content (AvgIpc) is 3.72. The third-order valence-corrected chi connectivity index (χ3v) is 9.42. The average molecular weight is 741 g/mol. The number of aliphatic hydroxyl groups is 2. The normalized spacial score (nSPS) is 24.0. The zero-order valence-electron chi connectivity index (χ0n) is 29.4. The molecule has 15 nitrogen and oxygen atoms in total. The molecule has 0 spiro atoms. The van der Waals surface area contributed by atoms with E-state index in [1.807, 2.05) is 38.1 Å². The van der Waals surface area contributed by atoms with Crippen molar-refractivity contribution in [3.63, 3.8) is 0 Å². The number of aryl methyl sites for hydroxylation is 2. The Morgan fingerprint density at radius 2 is 1.76 bits per heavy atom. The third-order valence-electron chi connectivity index (χ3n) is 9.42. The summed E-state index contributed by atoms with van der Waals surface area (Å²) in [6.45, 7) is 3.66. The number of nitrogens with zero attached hydrogens (tertiary/aromatic N) is 1. The van der Waals surface area contributed by atoms with Gasteiger partial charge in [0.05, 0.1) is 10.9 Å². The molecular formula is C39H38N3O12+. The second kappa shape index (κ2) is 15.0. The van der Waals surface area contributed by atoms with Gasteiger partial charge in [-0.3, -0.25) is 10.1 Å². The Morgan fingerprint density at radius 3 is 2.46 bits per heavy atom. The molecule has 4 aromatic rings. The molecule has 7 rings (SSSR count). The van der Waals surface area contributed by atoms with Crippen LogP contribution in [0.15, 0.2) is 98.5 Å². The van der Waals surface area contributed by atoms with Crippen molar-refractivity contribution >= 4 is 34.8 Å². The number of nitrogens with one attached hydrogen (secondary N) is 2. The van der Waals surface area contributed by atoms with Crippen LogP contribution in [0, 0.1) is 13.8 Å². The first-order valence-electron chi connectivity index (χ1n) is 17.1. The smallest absolute Gasteiger partial charge is 0.334 e. The number of hydroxylamine groups is 2. The van der Waals surface area contributed by atoms with Crippen LogP contribution in [0.4, 0.5) is 0 Å². The van der Waals surface area contributed by atoms with E-state index in [1.165, 1.54) is 43.6 Å². The lowest BCUT2D eigenvalue weighted by atomic mass is 9.99. The van der Waals surface area contributed by atoms with Crippen molar-refractivity contribution in [2.24, 2.45) is 4.99 Å². The SMILES string of the molecule is CN[C@H](C(=O)O)C(=O)OC[C@@H]1O[C@H](Oc2ccc3c(=O)c(-c4ccc(O)cc4)coc3c2)[C@@H](O[NH+]2CC3=CC=NC3=C2c2cc(C)cc(C)c2)[C@H](O)[C@H]1O. The number of likely N-dealkylation sites (N-methyl/N-ethyl adjacent to an activating group) is 1. The molecule has 6 N–H and O–H groups in total. The first-order valence-corrected chi connectivity index (χ1v) is 17.1. The molecule has 1 unspecified atom stereocenters. The molecule has 3 aliphatic heterocycles. The van der Waals surface area contributed by atoms with Crippen LogP contribution in [-0.4, -0.2) is 95.5 Å². The van der Waals surface area contributed by atoms with Crippen molar-refractivity contribution in [1.29, 1.82) is 0 Å². The number of carboxylic acids is 1. The topological polar surface area (TPSA) is 211 Å². The minimum absolute atomic E-state index is 0.0521. The monoisotopic (exact) mass is 740 g/mol. The number of allylic oxidation sites excluding steroid dienone is 1. The standard InChI is InChI=1S/C39H37N3O12/c1-19-12-20(2)14-23(13-19)32-30-22(10-11-41-30)16-42(32)54-36-35(46)34(45)29(18-51-38(49)31(40-3)37(47)48)53-39(36)52-25-8-9-26-28(15-25)50-17-27(33(26)44)21-4-6-24(43)7-5-21/h4-15,17,29,31,34-36,39-40,43,45-46H,16,18H2,1-3H3,(H,47,48)/p+1/t29-,31+,34-,35+,36-,39-/m0/s1. The predicted molar refractivity (Wildman–Crippen MR) is 192 cm³/mol. The van der Waals surface area contributed by atoms with Crippen LogP contribution < -0.4 is 20.5 Å². The van der Waals surface area contributed by atoms with Crippen molar-refractivity contribution in [3.05, 3.63) is 111 Å². The first-order chi connectivity index (χ1) is 25.9. The molecule has 54 heavy (non-hydrogen) atoms. The van der Waals surface area contributed by atoms with Crippen molar-refractivity contribution in [2.45, 2.75) is 50.6 Å². The Bertz CT molecular complexity index is 2240. The second-order valence-electron chi connectivity index (χ2n) is 13.3. The molecule has 1 aromatic heterocycles. The fourth-order valence-electron chi connectivity index (χ4n) is 6.82. The number of rotatable bonds is 11. The largest absolute Gasteiger partial charge is 0.508 e. The number of benzene rings is 3. The highest BCUT2D eigenvalue weighted by Crippen LogP contribution is 2.32. The summed E-state index contributed by atoms with van der Waals surface area (Å²) in [5.41, 5.74) is 5.91. The van der Waals surface area contributed by atoms with Crippen LogP contribution in [0.2, 0.25) is 0 Å². The Kier molecular flexibility index (Phi) is 10.2. The summed E-state index contributed by atoms with van der Waals surface area (Å²) in [6.07, 6.45) is -2.60. The van der Waals surface area contributed by atoms with E-state index in [0.717, 1.165) is 28.0 Å². The number of carboxylic acid groups (broad SMARTS) is 1. The van der Waals surface area contributed by atoms with Gasteiger partial charge in [-0.2, -0.15) is 9.90 Å². The van der Waals surface area contributed by atoms with Gasteiger partial charge in [-0.1, -0.05) is 29.3 Å². The van der Waals surface area contributed by atoms with Gasteiger partial charge in [-0.15, -0.1) is 0 Å². The van der Waals surface area contributed by atoms with E-state index < -0.39 is 55.3 Å². The highest BCUT2D eigenvalue weighted by molar-refractivity contribution is 5.98. The minimum atomic E-state index is -1.67. The van der Waals surface area contributed by atoms with Gasteiger partial charge in [0, 0.05) is 23.4 Å². The Labute approximate surface area is 307 Å². The number of phenolic OH excluding ortho intramolecular Hbond substituents is 1. The number of hydrogen-bond acceptors (Lipinski definition) is 13.